The molecule has 7 nitrogen and oxygen atoms in total. The van der Waals surface area contributed by atoms with Crippen molar-refractivity contribution < 1.29 is 14.4 Å². The van der Waals surface area contributed by atoms with Crippen LogP contribution in [0.15, 0.2) is 18.2 Å². The van der Waals surface area contributed by atoms with Crippen LogP contribution in [0.3, 0.4) is 0 Å². The van der Waals surface area contributed by atoms with Gasteiger partial charge >= 0.3 is 0 Å². The van der Waals surface area contributed by atoms with Crippen LogP contribution in [0.1, 0.15) is 47.2 Å². The van der Waals surface area contributed by atoms with Crippen molar-refractivity contribution in [1.82, 2.24) is 20.4 Å². The van der Waals surface area contributed by atoms with Crippen LogP contribution in [-0.4, -0.2) is 59.2 Å². The molecule has 0 saturated carbocycles. The average molecular weight is 382 g/mol. The highest BCUT2D eigenvalue weighted by Crippen LogP contribution is 2.30. The Hall–Kier alpha value is -2.25. The van der Waals surface area contributed by atoms with Gasteiger partial charge in [0.15, 0.2) is 0 Å². The molecule has 1 aromatic carbocycles. The van der Waals surface area contributed by atoms with E-state index in [-0.39, 0.29) is 24.1 Å². The number of rotatable bonds is 3. The average Bonchev–Trinajstić information content (AvgIpc) is 2.85. The third kappa shape index (κ3) is 3.12. The molecule has 0 spiro atoms. The van der Waals surface area contributed by atoms with Crippen LogP contribution in [0.25, 0.3) is 0 Å². The van der Waals surface area contributed by atoms with Gasteiger partial charge in [-0.25, -0.2) is 0 Å². The summed E-state index contributed by atoms with van der Waals surface area (Å²) in [4.78, 5) is 40.7. The van der Waals surface area contributed by atoms with E-state index in [9.17, 15) is 14.4 Å². The lowest BCUT2D eigenvalue weighted by Gasteiger charge is -2.36. The Balaban J connectivity index is 1.32. The molecule has 148 valence electrons. The third-order valence-electron chi connectivity index (χ3n) is 6.71. The maximum absolute atomic E-state index is 13.0. The van der Waals surface area contributed by atoms with Crippen molar-refractivity contribution in [3.05, 3.63) is 34.9 Å². The molecule has 3 atom stereocenters. The van der Waals surface area contributed by atoms with Gasteiger partial charge in [0.05, 0.1) is 0 Å². The first-order valence-corrected chi connectivity index (χ1v) is 10.3. The Morgan fingerprint density at radius 3 is 2.82 bits per heavy atom. The standard InChI is InChI=1S/C21H26N4O3/c26-19-6-5-18(20(27)23-19)25-12-15-3-1-13(7-17(15)21(25)28)10-24-11-14-2-4-16(24)9-22-8-14/h1,3,7,14,16,18,22H,2,4-6,8-12H2,(H,23,26,27). The van der Waals surface area contributed by atoms with Gasteiger partial charge in [0.25, 0.3) is 5.91 Å². The normalized spacial score (nSPS) is 30.4. The number of benzene rings is 1. The number of carbonyl (C=O) groups excluding carboxylic acids is 3. The molecule has 7 heteroatoms. The Bertz CT molecular complexity index is 835. The summed E-state index contributed by atoms with van der Waals surface area (Å²) in [6.45, 7) is 4.58. The Morgan fingerprint density at radius 2 is 1.96 bits per heavy atom. The predicted octanol–water partition coefficient (Wildman–Crippen LogP) is 0.631. The summed E-state index contributed by atoms with van der Waals surface area (Å²) in [5, 5.41) is 5.91. The van der Waals surface area contributed by atoms with Crippen LogP contribution in [0.2, 0.25) is 0 Å². The van der Waals surface area contributed by atoms with Crippen LogP contribution in [0, 0.1) is 5.92 Å². The number of hydrogen-bond acceptors (Lipinski definition) is 5. The fourth-order valence-electron chi connectivity index (χ4n) is 5.16. The van der Waals surface area contributed by atoms with E-state index in [4.69, 9.17) is 0 Å². The van der Waals surface area contributed by atoms with Crippen molar-refractivity contribution in [2.45, 2.75) is 50.9 Å². The molecular weight excluding hydrogens is 356 g/mol. The molecule has 3 amide bonds. The molecule has 2 bridgehead atoms. The predicted molar refractivity (Wildman–Crippen MR) is 102 cm³/mol. The lowest BCUT2D eigenvalue weighted by molar-refractivity contribution is -0.136. The van der Waals surface area contributed by atoms with Crippen LogP contribution in [0.5, 0.6) is 0 Å². The van der Waals surface area contributed by atoms with E-state index in [1.54, 1.807) is 4.90 Å². The van der Waals surface area contributed by atoms with Crippen LogP contribution >= 0.6 is 0 Å². The van der Waals surface area contributed by atoms with Crippen molar-refractivity contribution in [3.8, 4) is 0 Å². The minimum Gasteiger partial charge on any atom is -0.322 e. The molecule has 0 aliphatic carbocycles. The lowest BCUT2D eigenvalue weighted by Crippen LogP contribution is -2.52. The van der Waals surface area contributed by atoms with Crippen molar-refractivity contribution in [2.24, 2.45) is 5.92 Å². The first-order valence-electron chi connectivity index (χ1n) is 10.3. The van der Waals surface area contributed by atoms with Crippen LogP contribution in [0.4, 0.5) is 0 Å². The molecular formula is C21H26N4O3. The van der Waals surface area contributed by atoms with E-state index in [2.05, 4.69) is 21.6 Å². The summed E-state index contributed by atoms with van der Waals surface area (Å²) in [6, 6.07) is 6.18. The summed E-state index contributed by atoms with van der Waals surface area (Å²) >= 11 is 0. The number of carbonyl (C=O) groups is 3. The maximum atomic E-state index is 13.0. The minimum absolute atomic E-state index is 0.0922. The number of nitrogens with zero attached hydrogens (tertiary/aromatic N) is 2. The highest BCUT2D eigenvalue weighted by molar-refractivity contribution is 6.05. The number of amides is 3. The van der Waals surface area contributed by atoms with Gasteiger partial charge in [0.2, 0.25) is 11.8 Å². The second-order valence-electron chi connectivity index (χ2n) is 8.58. The van der Waals surface area contributed by atoms with Crippen LogP contribution < -0.4 is 10.6 Å². The molecule has 0 radical (unpaired) electrons. The van der Waals surface area contributed by atoms with Crippen molar-refractivity contribution in [1.29, 1.82) is 0 Å². The number of imide groups is 1. The smallest absolute Gasteiger partial charge is 0.255 e. The van der Waals surface area contributed by atoms with Gasteiger partial charge in [-0.1, -0.05) is 12.1 Å². The highest BCUT2D eigenvalue weighted by atomic mass is 16.2. The fourth-order valence-corrected chi connectivity index (χ4v) is 5.16. The number of nitrogens with one attached hydrogen (secondary N) is 2. The highest BCUT2D eigenvalue weighted by Gasteiger charge is 2.39. The molecule has 4 fully saturated rings. The lowest BCUT2D eigenvalue weighted by atomic mass is 9.94. The molecule has 28 heavy (non-hydrogen) atoms. The third-order valence-corrected chi connectivity index (χ3v) is 6.71. The molecule has 1 aromatic rings. The molecule has 5 aliphatic rings. The summed E-state index contributed by atoms with van der Waals surface area (Å²) in [5.74, 6) is 0.0166. The second-order valence-corrected chi connectivity index (χ2v) is 8.58. The van der Waals surface area contributed by atoms with Gasteiger partial charge < -0.3 is 10.2 Å². The van der Waals surface area contributed by atoms with Crippen LogP contribution in [-0.2, 0) is 22.7 Å². The number of piperidine rings is 2. The zero-order valence-corrected chi connectivity index (χ0v) is 15.9. The molecule has 5 heterocycles. The topological polar surface area (TPSA) is 81.8 Å². The Kier molecular flexibility index (Phi) is 4.44. The zero-order chi connectivity index (χ0) is 19.3. The van der Waals surface area contributed by atoms with Gasteiger partial charge in [-0.05, 0) is 48.9 Å². The molecule has 2 N–H and O–H groups in total. The van der Waals surface area contributed by atoms with E-state index >= 15 is 0 Å². The van der Waals surface area contributed by atoms with Gasteiger partial charge in [-0.15, -0.1) is 0 Å². The van der Waals surface area contributed by atoms with Gasteiger partial charge in [0, 0.05) is 44.2 Å². The molecule has 4 saturated heterocycles. The fraction of sp³-hybridized carbons (Fsp3) is 0.571. The van der Waals surface area contributed by atoms with E-state index in [1.165, 1.54) is 12.8 Å². The molecule has 0 aromatic heterocycles. The van der Waals surface area contributed by atoms with E-state index < -0.39 is 6.04 Å². The zero-order valence-electron chi connectivity index (χ0n) is 15.9. The van der Waals surface area contributed by atoms with E-state index in [0.717, 1.165) is 43.2 Å². The molecule has 3 unspecified atom stereocenters. The molecule has 5 aliphatic heterocycles. The van der Waals surface area contributed by atoms with Crippen molar-refractivity contribution >= 4 is 17.7 Å². The SMILES string of the molecule is O=C1CCC(N2Cc3ccc(CN4CC5CCC4CNC5)cc3C2=O)C(=O)N1. The first-order chi connectivity index (χ1) is 13.6. The molecule has 6 rings (SSSR count). The van der Waals surface area contributed by atoms with Crippen molar-refractivity contribution in [3.63, 3.8) is 0 Å². The number of fused-ring (bicyclic) bond motifs is 5. The van der Waals surface area contributed by atoms with Gasteiger partial charge in [-0.2, -0.15) is 0 Å². The maximum Gasteiger partial charge on any atom is 0.255 e. The van der Waals surface area contributed by atoms with Gasteiger partial charge in [-0.3, -0.25) is 24.6 Å². The Morgan fingerprint density at radius 1 is 1.07 bits per heavy atom. The number of hydrogen-bond donors (Lipinski definition) is 2. The van der Waals surface area contributed by atoms with E-state index in [0.29, 0.717) is 24.6 Å². The summed E-state index contributed by atoms with van der Waals surface area (Å²) in [6.07, 6.45) is 3.23. The Labute approximate surface area is 164 Å². The van der Waals surface area contributed by atoms with Crippen molar-refractivity contribution in [2.75, 3.05) is 19.6 Å². The quantitative estimate of drug-likeness (QED) is 0.750. The van der Waals surface area contributed by atoms with Gasteiger partial charge in [0.1, 0.15) is 6.04 Å². The second kappa shape index (κ2) is 6.97. The van der Waals surface area contributed by atoms with E-state index in [1.807, 2.05) is 12.1 Å². The monoisotopic (exact) mass is 382 g/mol. The summed E-state index contributed by atoms with van der Waals surface area (Å²) in [7, 11) is 0. The summed E-state index contributed by atoms with van der Waals surface area (Å²) in [5.41, 5.74) is 2.84. The largest absolute Gasteiger partial charge is 0.322 e. The minimum atomic E-state index is -0.548. The summed E-state index contributed by atoms with van der Waals surface area (Å²) < 4.78 is 0. The first kappa shape index (κ1) is 17.8.